The number of esters is 2. The standard InChI is InChI=1S/C22H25N3O5S2/c1-11-18-17(12(2)29-16(26)9-23)21(27)25(18)19(20(11)32-14-8-15(31)24-10-14)22(28)30-13-6-4-3-5-7-13/h3-7,11-12,14,17-18H,8-10,23H2,1-2H3,(H,24,31)/t11-,12-,14-,17-,18-/m1/s1. The number of benzene rings is 1. The highest BCUT2D eigenvalue weighted by Gasteiger charge is 2.61. The van der Waals surface area contributed by atoms with Crippen LogP contribution in [0.4, 0.5) is 0 Å². The van der Waals surface area contributed by atoms with Crippen LogP contribution in [0.5, 0.6) is 5.75 Å². The highest BCUT2D eigenvalue weighted by atomic mass is 32.2. The van der Waals surface area contributed by atoms with Crippen molar-refractivity contribution in [2.45, 2.75) is 37.7 Å². The van der Waals surface area contributed by atoms with E-state index in [9.17, 15) is 14.4 Å². The number of para-hydroxylation sites is 1. The number of hydrogen-bond acceptors (Lipinski definition) is 8. The van der Waals surface area contributed by atoms with Gasteiger partial charge in [0.25, 0.3) is 0 Å². The molecule has 4 rings (SSSR count). The first kappa shape index (κ1) is 22.8. The van der Waals surface area contributed by atoms with Gasteiger partial charge in [0, 0.05) is 29.0 Å². The van der Waals surface area contributed by atoms with Gasteiger partial charge in [0.05, 0.1) is 23.5 Å². The van der Waals surface area contributed by atoms with Crippen LogP contribution in [-0.2, 0) is 19.1 Å². The zero-order valence-corrected chi connectivity index (χ0v) is 19.4. The molecular weight excluding hydrogens is 450 g/mol. The SMILES string of the molecule is C[C@@H](OC(=O)CN)[C@H]1C(=O)N2C(C(=O)Oc3ccccc3)=C(S[C@H]3CNC(=S)C3)[C@H](C)[C@H]12. The largest absolute Gasteiger partial charge is 0.461 e. The van der Waals surface area contributed by atoms with Gasteiger partial charge in [-0.2, -0.15) is 0 Å². The minimum atomic E-state index is -0.640. The van der Waals surface area contributed by atoms with Gasteiger partial charge in [-0.1, -0.05) is 37.3 Å². The van der Waals surface area contributed by atoms with Crippen LogP contribution in [0, 0.1) is 11.8 Å². The van der Waals surface area contributed by atoms with Crippen molar-refractivity contribution in [3.8, 4) is 5.75 Å². The summed E-state index contributed by atoms with van der Waals surface area (Å²) in [6.07, 6.45) is 0.0720. The first-order valence-electron chi connectivity index (χ1n) is 10.5. The number of nitrogens with one attached hydrogen (secondary N) is 1. The second-order valence-electron chi connectivity index (χ2n) is 8.08. The quantitative estimate of drug-likeness (QED) is 0.263. The number of nitrogens with zero attached hydrogens (tertiary/aromatic N) is 1. The highest BCUT2D eigenvalue weighted by molar-refractivity contribution is 8.03. The molecule has 10 heteroatoms. The van der Waals surface area contributed by atoms with Crippen LogP contribution < -0.4 is 15.8 Å². The Hall–Kier alpha value is -2.43. The van der Waals surface area contributed by atoms with Crippen LogP contribution in [0.1, 0.15) is 20.3 Å². The Kier molecular flexibility index (Phi) is 6.55. The fraction of sp³-hybridized carbons (Fsp3) is 0.455. The molecule has 1 amide bonds. The number of amides is 1. The predicted octanol–water partition coefficient (Wildman–Crippen LogP) is 1.59. The van der Waals surface area contributed by atoms with Crippen molar-refractivity contribution >= 4 is 46.8 Å². The Morgan fingerprint density at radius 1 is 1.34 bits per heavy atom. The maximum atomic E-state index is 13.2. The van der Waals surface area contributed by atoms with Crippen molar-refractivity contribution < 1.29 is 23.9 Å². The molecule has 0 aliphatic carbocycles. The summed E-state index contributed by atoms with van der Waals surface area (Å²) in [5.74, 6) is -1.64. The molecule has 2 saturated heterocycles. The molecule has 3 aliphatic rings. The zero-order valence-electron chi connectivity index (χ0n) is 17.8. The summed E-state index contributed by atoms with van der Waals surface area (Å²) in [6, 6.07) is 8.47. The Bertz CT molecular complexity index is 983. The Balaban J connectivity index is 1.61. The smallest absolute Gasteiger partial charge is 0.361 e. The Labute approximate surface area is 195 Å². The number of carbonyl (C=O) groups is 3. The van der Waals surface area contributed by atoms with Gasteiger partial charge in [-0.25, -0.2) is 4.79 Å². The number of nitrogens with two attached hydrogens (primary N) is 1. The van der Waals surface area contributed by atoms with Crippen LogP contribution in [0.25, 0.3) is 0 Å². The van der Waals surface area contributed by atoms with E-state index in [-0.39, 0.29) is 35.4 Å². The third-order valence-electron chi connectivity index (χ3n) is 5.96. The van der Waals surface area contributed by atoms with E-state index in [2.05, 4.69) is 5.32 Å². The number of fused-ring (bicyclic) bond motifs is 1. The topological polar surface area (TPSA) is 111 Å². The summed E-state index contributed by atoms with van der Waals surface area (Å²) in [7, 11) is 0. The average Bonchev–Trinajstić information content (AvgIpc) is 3.28. The van der Waals surface area contributed by atoms with Crippen LogP contribution >= 0.6 is 24.0 Å². The van der Waals surface area contributed by atoms with Gasteiger partial charge in [-0.3, -0.25) is 9.59 Å². The second kappa shape index (κ2) is 9.21. The number of rotatable bonds is 7. The van der Waals surface area contributed by atoms with E-state index in [0.717, 1.165) is 9.89 Å². The summed E-state index contributed by atoms with van der Waals surface area (Å²) < 4.78 is 10.9. The maximum Gasteiger partial charge on any atom is 0.361 e. The molecule has 0 spiro atoms. The van der Waals surface area contributed by atoms with E-state index in [1.165, 1.54) is 4.90 Å². The third-order valence-corrected chi connectivity index (χ3v) is 7.76. The van der Waals surface area contributed by atoms with Crippen molar-refractivity contribution in [3.63, 3.8) is 0 Å². The number of thioether (sulfide) groups is 1. The normalized spacial score (nSPS) is 27.5. The van der Waals surface area contributed by atoms with Crippen LogP contribution in [0.2, 0.25) is 0 Å². The molecule has 3 heterocycles. The van der Waals surface area contributed by atoms with E-state index in [0.29, 0.717) is 18.7 Å². The average molecular weight is 476 g/mol. The van der Waals surface area contributed by atoms with Gasteiger partial charge >= 0.3 is 11.9 Å². The van der Waals surface area contributed by atoms with Gasteiger partial charge in [0.2, 0.25) is 5.91 Å². The van der Waals surface area contributed by atoms with Crippen LogP contribution in [0.3, 0.4) is 0 Å². The molecule has 1 aromatic carbocycles. The predicted molar refractivity (Wildman–Crippen MR) is 124 cm³/mol. The summed E-state index contributed by atoms with van der Waals surface area (Å²) >= 11 is 6.82. The van der Waals surface area contributed by atoms with E-state index in [1.807, 2.05) is 13.0 Å². The molecule has 1 aromatic rings. The molecule has 0 aromatic heterocycles. The molecule has 0 saturated carbocycles. The monoisotopic (exact) mass is 475 g/mol. The van der Waals surface area contributed by atoms with E-state index in [1.54, 1.807) is 43.0 Å². The Morgan fingerprint density at radius 2 is 2.06 bits per heavy atom. The zero-order chi connectivity index (χ0) is 23.0. The van der Waals surface area contributed by atoms with Crippen molar-refractivity contribution in [1.82, 2.24) is 10.2 Å². The van der Waals surface area contributed by atoms with Gasteiger partial charge < -0.3 is 25.4 Å². The van der Waals surface area contributed by atoms with Crippen molar-refractivity contribution in [3.05, 3.63) is 40.9 Å². The van der Waals surface area contributed by atoms with Gasteiger partial charge in [-0.05, 0) is 19.1 Å². The van der Waals surface area contributed by atoms with Crippen molar-refractivity contribution in [2.75, 3.05) is 13.1 Å². The van der Waals surface area contributed by atoms with E-state index in [4.69, 9.17) is 27.4 Å². The molecule has 8 nitrogen and oxygen atoms in total. The molecule has 0 radical (unpaired) electrons. The number of thiocarbonyl (C=S) groups is 1. The maximum absolute atomic E-state index is 13.2. The Morgan fingerprint density at radius 3 is 2.69 bits per heavy atom. The lowest BCUT2D eigenvalue weighted by atomic mass is 9.79. The summed E-state index contributed by atoms with van der Waals surface area (Å²) in [4.78, 5) is 41.1. The fourth-order valence-corrected chi connectivity index (χ4v) is 6.28. The summed E-state index contributed by atoms with van der Waals surface area (Å²) in [5, 5.41) is 3.33. The lowest BCUT2D eigenvalue weighted by Crippen LogP contribution is -2.64. The van der Waals surface area contributed by atoms with E-state index < -0.39 is 24.0 Å². The van der Waals surface area contributed by atoms with Crippen LogP contribution in [-0.4, -0.2) is 58.2 Å². The minimum Gasteiger partial charge on any atom is -0.461 e. The first-order valence-corrected chi connectivity index (χ1v) is 11.8. The molecule has 32 heavy (non-hydrogen) atoms. The number of carbonyl (C=O) groups excluding carboxylic acids is 3. The first-order chi connectivity index (χ1) is 15.3. The number of β-lactam (4-membered cyclic amide) rings is 1. The second-order valence-corrected chi connectivity index (χ2v) is 9.91. The molecule has 2 fully saturated rings. The third kappa shape index (κ3) is 4.14. The minimum absolute atomic E-state index is 0.116. The summed E-state index contributed by atoms with van der Waals surface area (Å²) in [5.41, 5.74) is 5.62. The van der Waals surface area contributed by atoms with Crippen molar-refractivity contribution in [1.29, 1.82) is 0 Å². The number of ether oxygens (including phenoxy) is 2. The number of hydrogen-bond donors (Lipinski definition) is 2. The molecule has 170 valence electrons. The van der Waals surface area contributed by atoms with Crippen LogP contribution in [0.15, 0.2) is 40.9 Å². The van der Waals surface area contributed by atoms with Crippen molar-refractivity contribution in [2.24, 2.45) is 17.6 Å². The molecule has 3 aliphatic heterocycles. The summed E-state index contributed by atoms with van der Waals surface area (Å²) in [6.45, 7) is 4.12. The lowest BCUT2D eigenvalue weighted by molar-refractivity contribution is -0.171. The fourth-order valence-electron chi connectivity index (χ4n) is 4.47. The molecular formula is C22H25N3O5S2. The molecule has 0 bridgehead atoms. The van der Waals surface area contributed by atoms with Gasteiger partial charge in [-0.15, -0.1) is 11.8 Å². The van der Waals surface area contributed by atoms with Gasteiger partial charge in [0.15, 0.2) is 0 Å². The lowest BCUT2D eigenvalue weighted by Gasteiger charge is -2.47. The molecule has 0 unspecified atom stereocenters. The highest BCUT2D eigenvalue weighted by Crippen LogP contribution is 2.52. The van der Waals surface area contributed by atoms with E-state index >= 15 is 0 Å². The molecule has 3 N–H and O–H groups in total. The van der Waals surface area contributed by atoms with Gasteiger partial charge in [0.1, 0.15) is 17.6 Å². The molecule has 5 atom stereocenters.